The van der Waals surface area contributed by atoms with Gasteiger partial charge in [-0.15, -0.1) is 0 Å². The fourth-order valence-electron chi connectivity index (χ4n) is 7.00. The van der Waals surface area contributed by atoms with Crippen molar-refractivity contribution in [3.05, 3.63) is 35.4 Å². The van der Waals surface area contributed by atoms with Crippen LogP contribution in [-0.2, 0) is 9.47 Å². The summed E-state index contributed by atoms with van der Waals surface area (Å²) in [4.78, 5) is 54.5. The maximum atomic E-state index is 13.1. The molecule has 1 aliphatic heterocycles. The molecule has 4 N–H and O–H groups in total. The van der Waals surface area contributed by atoms with Gasteiger partial charge in [-0.05, 0) is 91.2 Å². The molecule has 2 fully saturated rings. The molecule has 1 heterocycles. The van der Waals surface area contributed by atoms with Crippen LogP contribution in [0, 0.1) is 11.8 Å². The van der Waals surface area contributed by atoms with Crippen LogP contribution < -0.4 is 5.73 Å². The Morgan fingerprint density at radius 1 is 0.740 bits per heavy atom. The van der Waals surface area contributed by atoms with Crippen LogP contribution in [0.1, 0.15) is 126 Å². The molecule has 2 saturated carbocycles. The molecule has 0 spiro atoms. The van der Waals surface area contributed by atoms with E-state index in [9.17, 15) is 29.4 Å². The first kappa shape index (κ1) is 41.2. The van der Waals surface area contributed by atoms with Gasteiger partial charge in [-0.2, -0.15) is 0 Å². The number of benzene rings is 1. The van der Waals surface area contributed by atoms with E-state index in [-0.39, 0.29) is 18.4 Å². The number of aliphatic hydroxyl groups excluding tert-OH is 2. The lowest BCUT2D eigenvalue weighted by Crippen LogP contribution is -2.55. The van der Waals surface area contributed by atoms with Gasteiger partial charge in [-0.1, -0.05) is 50.7 Å². The number of carbonyl (C=O) groups is 4. The quantitative estimate of drug-likeness (QED) is 0.279. The van der Waals surface area contributed by atoms with Gasteiger partial charge in [0.05, 0.1) is 29.4 Å². The van der Waals surface area contributed by atoms with Gasteiger partial charge in [0.1, 0.15) is 11.2 Å². The highest BCUT2D eigenvalue weighted by atomic mass is 16.6. The van der Waals surface area contributed by atoms with Gasteiger partial charge in [0, 0.05) is 33.2 Å². The summed E-state index contributed by atoms with van der Waals surface area (Å²) >= 11 is 0. The summed E-state index contributed by atoms with van der Waals surface area (Å²) in [5.41, 5.74) is 5.54. The van der Waals surface area contributed by atoms with Gasteiger partial charge in [0.2, 0.25) is 0 Å². The second-order valence-corrected chi connectivity index (χ2v) is 16.3. The lowest BCUT2D eigenvalue weighted by Gasteiger charge is -2.38. The number of amides is 4. The number of imide groups is 1. The third-order valence-electron chi connectivity index (χ3n) is 9.61. The number of hydrogen-bond donors (Lipinski definition) is 3. The van der Waals surface area contributed by atoms with E-state index in [1.165, 1.54) is 16.2 Å². The summed E-state index contributed by atoms with van der Waals surface area (Å²) in [5, 5.41) is 21.5. The molecule has 0 saturated heterocycles. The number of nitrogens with two attached hydrogens (primary N) is 1. The Balaban J connectivity index is 0.000000295. The van der Waals surface area contributed by atoms with Crippen LogP contribution in [0.5, 0.6) is 0 Å². The Bertz CT molecular complexity index is 1260. The SMILES string of the molecule is CN(C[C@@H](N)[C@@H](O)C1CCCCC1)C(=O)OC(C)(C)C.CN(C[C@H]([C@@H](O)C1CCCCC1)N1C(=O)c2ccccc2C1=O)C(=O)OC(C)(C)C. The molecular formula is C38H62N4O8. The van der Waals surface area contributed by atoms with Crippen LogP contribution in [-0.4, -0.2) is 112 Å². The highest BCUT2D eigenvalue weighted by Gasteiger charge is 2.45. The number of rotatable bonds is 9. The smallest absolute Gasteiger partial charge is 0.410 e. The predicted molar refractivity (Wildman–Crippen MR) is 192 cm³/mol. The lowest BCUT2D eigenvalue weighted by atomic mass is 9.82. The average molecular weight is 703 g/mol. The minimum atomic E-state index is -0.905. The molecule has 0 aromatic heterocycles. The number of likely N-dealkylation sites (N-methyl/N-ethyl adjacent to an activating group) is 2. The molecule has 4 atom stereocenters. The van der Waals surface area contributed by atoms with Crippen LogP contribution in [0.15, 0.2) is 24.3 Å². The highest BCUT2D eigenvalue weighted by Crippen LogP contribution is 2.33. The van der Waals surface area contributed by atoms with E-state index in [0.717, 1.165) is 62.7 Å². The Kier molecular flexibility index (Phi) is 14.7. The standard InChI is InChI=1S/C23H32N2O5.C15H30N2O3/c1-23(2,3)30-22(29)24(4)14-18(19(26)15-10-6-5-7-11-15)25-20(27)16-12-8-9-13-17(16)21(25)28;1-15(2,3)20-14(19)17(4)10-12(16)13(18)11-8-6-5-7-9-11/h8-9,12-13,15,18-19,26H,5-7,10-11,14H2,1-4H3;11-13,18H,5-10,16H2,1-4H3/t18-,19+;12-,13+/m11/s1. The molecule has 0 bridgehead atoms. The van der Waals surface area contributed by atoms with E-state index >= 15 is 0 Å². The second-order valence-electron chi connectivity index (χ2n) is 16.3. The Labute approximate surface area is 298 Å². The highest BCUT2D eigenvalue weighted by molar-refractivity contribution is 6.21. The molecule has 0 unspecified atom stereocenters. The van der Waals surface area contributed by atoms with E-state index in [0.29, 0.717) is 17.7 Å². The largest absolute Gasteiger partial charge is 0.444 e. The lowest BCUT2D eigenvalue weighted by molar-refractivity contribution is -0.0110. The molecule has 50 heavy (non-hydrogen) atoms. The second kappa shape index (κ2) is 17.8. The molecule has 4 rings (SSSR count). The normalized spacial score (nSPS) is 19.8. The summed E-state index contributed by atoms with van der Waals surface area (Å²) in [5.74, 6) is -0.591. The molecular weight excluding hydrogens is 640 g/mol. The Morgan fingerprint density at radius 3 is 1.52 bits per heavy atom. The van der Waals surface area contributed by atoms with Crippen molar-refractivity contribution in [3.63, 3.8) is 0 Å². The summed E-state index contributed by atoms with van der Waals surface area (Å²) in [7, 11) is 3.22. The Hall–Kier alpha value is -3.22. The first-order valence-electron chi connectivity index (χ1n) is 18.3. The maximum absolute atomic E-state index is 13.1. The third-order valence-corrected chi connectivity index (χ3v) is 9.61. The van der Waals surface area contributed by atoms with Gasteiger partial charge in [0.15, 0.2) is 0 Å². The first-order chi connectivity index (χ1) is 23.3. The van der Waals surface area contributed by atoms with E-state index in [1.54, 1.807) is 59.1 Å². The summed E-state index contributed by atoms with van der Waals surface area (Å²) in [6, 6.07) is 5.42. The number of ether oxygens (including phenoxy) is 2. The predicted octanol–water partition coefficient (Wildman–Crippen LogP) is 5.58. The van der Waals surface area contributed by atoms with Crippen LogP contribution in [0.2, 0.25) is 0 Å². The number of hydrogen-bond acceptors (Lipinski definition) is 9. The van der Waals surface area contributed by atoms with Crippen LogP contribution in [0.25, 0.3) is 0 Å². The van der Waals surface area contributed by atoms with E-state index in [2.05, 4.69) is 0 Å². The number of nitrogens with zero attached hydrogens (tertiary/aromatic N) is 3. The van der Waals surface area contributed by atoms with Crippen molar-refractivity contribution in [2.45, 2.75) is 141 Å². The van der Waals surface area contributed by atoms with Gasteiger partial charge in [-0.25, -0.2) is 9.59 Å². The monoisotopic (exact) mass is 702 g/mol. The van der Waals surface area contributed by atoms with Gasteiger partial charge < -0.3 is 35.2 Å². The van der Waals surface area contributed by atoms with Crippen molar-refractivity contribution in [2.75, 3.05) is 27.2 Å². The van der Waals surface area contributed by atoms with Gasteiger partial charge >= 0.3 is 12.2 Å². The zero-order valence-electron chi connectivity index (χ0n) is 31.5. The maximum Gasteiger partial charge on any atom is 0.410 e. The Morgan fingerprint density at radius 2 is 1.12 bits per heavy atom. The molecule has 282 valence electrons. The van der Waals surface area contributed by atoms with Gasteiger partial charge in [0.25, 0.3) is 11.8 Å². The van der Waals surface area contributed by atoms with Crippen molar-refractivity contribution in [3.8, 4) is 0 Å². The summed E-state index contributed by atoms with van der Waals surface area (Å²) in [6.07, 6.45) is 8.07. The zero-order chi connectivity index (χ0) is 37.4. The molecule has 12 nitrogen and oxygen atoms in total. The van der Waals surface area contributed by atoms with Crippen LogP contribution in [0.3, 0.4) is 0 Å². The minimum absolute atomic E-state index is 0.0120. The number of aliphatic hydroxyl groups is 2. The molecule has 0 radical (unpaired) electrons. The summed E-state index contributed by atoms with van der Waals surface area (Å²) < 4.78 is 10.7. The van der Waals surface area contributed by atoms with Crippen molar-refractivity contribution in [2.24, 2.45) is 17.6 Å². The fourth-order valence-corrected chi connectivity index (χ4v) is 7.00. The van der Waals surface area contributed by atoms with Crippen molar-refractivity contribution in [1.29, 1.82) is 0 Å². The molecule has 3 aliphatic rings. The van der Waals surface area contributed by atoms with Crippen LogP contribution in [0.4, 0.5) is 9.59 Å². The zero-order valence-corrected chi connectivity index (χ0v) is 31.5. The fraction of sp³-hybridized carbons (Fsp3) is 0.737. The van der Waals surface area contributed by atoms with Crippen LogP contribution >= 0.6 is 0 Å². The average Bonchev–Trinajstić information content (AvgIpc) is 3.31. The van der Waals surface area contributed by atoms with Crippen molar-refractivity contribution >= 4 is 24.0 Å². The van der Waals surface area contributed by atoms with Gasteiger partial charge in [-0.3, -0.25) is 14.5 Å². The summed E-state index contributed by atoms with van der Waals surface area (Å²) in [6.45, 7) is 11.1. The molecule has 12 heteroatoms. The molecule has 1 aromatic carbocycles. The van der Waals surface area contributed by atoms with Crippen molar-refractivity contribution in [1.82, 2.24) is 14.7 Å². The number of fused-ring (bicyclic) bond motifs is 1. The van der Waals surface area contributed by atoms with E-state index < -0.39 is 59.5 Å². The van der Waals surface area contributed by atoms with E-state index in [4.69, 9.17) is 15.2 Å². The number of carbonyl (C=O) groups excluding carboxylic acids is 4. The first-order valence-corrected chi connectivity index (χ1v) is 18.3. The molecule has 2 aliphatic carbocycles. The topological polar surface area (TPSA) is 163 Å². The molecule has 4 amide bonds. The van der Waals surface area contributed by atoms with Crippen molar-refractivity contribution < 1.29 is 38.9 Å². The van der Waals surface area contributed by atoms with E-state index in [1.807, 2.05) is 20.8 Å². The molecule has 1 aromatic rings. The third kappa shape index (κ3) is 11.7. The minimum Gasteiger partial charge on any atom is -0.444 e.